The van der Waals surface area contributed by atoms with Gasteiger partial charge in [0, 0.05) is 0 Å². The summed E-state index contributed by atoms with van der Waals surface area (Å²) in [6.45, 7) is 3.53. The van der Waals surface area contributed by atoms with Crippen LogP contribution in [0.1, 0.15) is 39.5 Å². The van der Waals surface area contributed by atoms with Crippen molar-refractivity contribution in [2.75, 3.05) is 0 Å². The van der Waals surface area contributed by atoms with Gasteiger partial charge in [0.2, 0.25) is 0 Å². The molecule has 0 rings (SSSR count). The fourth-order valence-electron chi connectivity index (χ4n) is 1.19. The number of unbranched alkanes of at least 4 members (excludes halogenated alkanes) is 2. The van der Waals surface area contributed by atoms with Gasteiger partial charge in [-0.15, -0.1) is 5.92 Å². The molecule has 1 N–H and O–H groups in total. The Morgan fingerprint density at radius 1 is 1.38 bits per heavy atom. The Hall–Kier alpha value is -1.18. The largest absolute Gasteiger partial charge is 0.471 e. The van der Waals surface area contributed by atoms with E-state index in [0.717, 1.165) is 19.3 Å². The Morgan fingerprint density at radius 2 is 2.00 bits per heavy atom. The molecule has 0 heterocycles. The maximum absolute atomic E-state index is 12.0. The number of alkyl halides is 3. The van der Waals surface area contributed by atoms with Crippen LogP contribution in [0, 0.1) is 11.8 Å². The van der Waals surface area contributed by atoms with E-state index in [1.54, 1.807) is 0 Å². The molecule has 0 aromatic carbocycles. The molecule has 1 atom stereocenters. The molecule has 5 heteroatoms. The predicted octanol–water partition coefficient (Wildman–Crippen LogP) is 2.64. The third-order valence-electron chi connectivity index (χ3n) is 1.98. The van der Waals surface area contributed by atoms with Crippen molar-refractivity contribution in [3.05, 3.63) is 0 Å². The number of halogens is 3. The van der Waals surface area contributed by atoms with E-state index in [1.165, 1.54) is 6.92 Å². The van der Waals surface area contributed by atoms with Crippen molar-refractivity contribution in [3.8, 4) is 11.8 Å². The van der Waals surface area contributed by atoms with E-state index < -0.39 is 18.1 Å². The lowest BCUT2D eigenvalue weighted by atomic mass is 10.1. The van der Waals surface area contributed by atoms with Gasteiger partial charge in [0.15, 0.2) is 0 Å². The molecule has 0 bridgehead atoms. The van der Waals surface area contributed by atoms with Gasteiger partial charge < -0.3 is 5.32 Å². The van der Waals surface area contributed by atoms with Crippen LogP contribution in [0.15, 0.2) is 0 Å². The summed E-state index contributed by atoms with van der Waals surface area (Å²) in [6, 6.07) is -0.703. The predicted molar refractivity (Wildman–Crippen MR) is 55.6 cm³/mol. The lowest BCUT2D eigenvalue weighted by Crippen LogP contribution is -2.42. The molecule has 92 valence electrons. The molecule has 0 aliphatic heterocycles. The molecule has 0 unspecified atom stereocenters. The van der Waals surface area contributed by atoms with Crippen LogP contribution in [-0.4, -0.2) is 18.1 Å². The van der Waals surface area contributed by atoms with E-state index in [0.29, 0.717) is 6.42 Å². The molecule has 2 nitrogen and oxygen atoms in total. The minimum absolute atomic E-state index is 0.455. The van der Waals surface area contributed by atoms with Crippen LogP contribution in [0.25, 0.3) is 0 Å². The molecule has 16 heavy (non-hydrogen) atoms. The first kappa shape index (κ1) is 14.8. The molecule has 0 saturated heterocycles. The second kappa shape index (κ2) is 7.15. The number of hydrogen-bond donors (Lipinski definition) is 1. The SMILES string of the molecule is CC#C[C@@H](CCCCC)NC(=O)C(F)(F)F. The molecular weight excluding hydrogens is 219 g/mol. The van der Waals surface area contributed by atoms with Gasteiger partial charge in [-0.2, -0.15) is 13.2 Å². The zero-order valence-corrected chi connectivity index (χ0v) is 9.45. The van der Waals surface area contributed by atoms with Gasteiger partial charge in [-0.05, 0) is 13.3 Å². The highest BCUT2D eigenvalue weighted by atomic mass is 19.4. The fraction of sp³-hybridized carbons (Fsp3) is 0.727. The Morgan fingerprint density at radius 3 is 2.44 bits per heavy atom. The van der Waals surface area contributed by atoms with E-state index in [2.05, 4.69) is 11.8 Å². The third-order valence-corrected chi connectivity index (χ3v) is 1.98. The third kappa shape index (κ3) is 6.33. The second-order valence-electron chi connectivity index (χ2n) is 3.41. The van der Waals surface area contributed by atoms with Gasteiger partial charge in [0.1, 0.15) is 0 Å². The lowest BCUT2D eigenvalue weighted by Gasteiger charge is -2.14. The quantitative estimate of drug-likeness (QED) is 0.576. The average Bonchev–Trinajstić information content (AvgIpc) is 2.16. The molecule has 0 aromatic rings. The smallest absolute Gasteiger partial charge is 0.335 e. The van der Waals surface area contributed by atoms with E-state index in [-0.39, 0.29) is 0 Å². The van der Waals surface area contributed by atoms with Gasteiger partial charge in [0.25, 0.3) is 0 Å². The van der Waals surface area contributed by atoms with Gasteiger partial charge in [-0.1, -0.05) is 32.1 Å². The Kier molecular flexibility index (Phi) is 6.63. The van der Waals surface area contributed by atoms with Crippen LogP contribution in [0.4, 0.5) is 13.2 Å². The normalized spacial score (nSPS) is 12.6. The summed E-state index contributed by atoms with van der Waals surface area (Å²) in [5.41, 5.74) is 0. The topological polar surface area (TPSA) is 29.1 Å². The van der Waals surface area contributed by atoms with E-state index in [1.807, 2.05) is 12.2 Å². The monoisotopic (exact) mass is 235 g/mol. The van der Waals surface area contributed by atoms with Crippen LogP contribution in [0.3, 0.4) is 0 Å². The number of hydrogen-bond acceptors (Lipinski definition) is 1. The first-order valence-corrected chi connectivity index (χ1v) is 5.21. The zero-order valence-electron chi connectivity index (χ0n) is 9.45. The minimum Gasteiger partial charge on any atom is -0.335 e. The van der Waals surface area contributed by atoms with Crippen molar-refractivity contribution in [3.63, 3.8) is 0 Å². The van der Waals surface area contributed by atoms with Crippen molar-refractivity contribution < 1.29 is 18.0 Å². The number of carbonyl (C=O) groups is 1. The maximum Gasteiger partial charge on any atom is 0.471 e. The van der Waals surface area contributed by atoms with Crippen molar-refractivity contribution in [2.45, 2.75) is 51.7 Å². The molecular formula is C11H16F3NO. The Balaban J connectivity index is 4.21. The standard InChI is InChI=1S/C11H16F3NO/c1-3-5-6-8-9(7-4-2)15-10(16)11(12,13)14/h9H,3,5-6,8H2,1-2H3,(H,15,16)/t9-/m0/s1. The van der Waals surface area contributed by atoms with Crippen molar-refractivity contribution in [1.82, 2.24) is 5.32 Å². The summed E-state index contributed by atoms with van der Waals surface area (Å²) in [4.78, 5) is 10.7. The van der Waals surface area contributed by atoms with Gasteiger partial charge in [0.05, 0.1) is 6.04 Å². The summed E-state index contributed by atoms with van der Waals surface area (Å²) < 4.78 is 35.9. The summed E-state index contributed by atoms with van der Waals surface area (Å²) in [5, 5.41) is 1.88. The average molecular weight is 235 g/mol. The first-order valence-electron chi connectivity index (χ1n) is 5.21. The van der Waals surface area contributed by atoms with Crippen molar-refractivity contribution in [2.24, 2.45) is 0 Å². The van der Waals surface area contributed by atoms with E-state index >= 15 is 0 Å². The molecule has 0 aliphatic rings. The molecule has 0 aromatic heterocycles. The minimum atomic E-state index is -4.83. The highest BCUT2D eigenvalue weighted by Gasteiger charge is 2.39. The highest BCUT2D eigenvalue weighted by Crippen LogP contribution is 2.15. The summed E-state index contributed by atoms with van der Waals surface area (Å²) >= 11 is 0. The maximum atomic E-state index is 12.0. The lowest BCUT2D eigenvalue weighted by molar-refractivity contribution is -0.174. The Bertz CT molecular complexity index is 275. The van der Waals surface area contributed by atoms with Gasteiger partial charge in [-0.3, -0.25) is 4.79 Å². The summed E-state index contributed by atoms with van der Waals surface area (Å²) in [7, 11) is 0. The summed E-state index contributed by atoms with van der Waals surface area (Å²) in [5.74, 6) is 3.16. The molecule has 0 aliphatic carbocycles. The van der Waals surface area contributed by atoms with Crippen LogP contribution in [0.5, 0.6) is 0 Å². The van der Waals surface area contributed by atoms with Gasteiger partial charge >= 0.3 is 12.1 Å². The molecule has 0 radical (unpaired) electrons. The molecule has 0 saturated carbocycles. The van der Waals surface area contributed by atoms with E-state index in [4.69, 9.17) is 0 Å². The molecule has 1 amide bonds. The van der Waals surface area contributed by atoms with Crippen LogP contribution >= 0.6 is 0 Å². The number of carbonyl (C=O) groups excluding carboxylic acids is 1. The summed E-state index contributed by atoms with van der Waals surface area (Å²) in [6.07, 6.45) is -1.73. The van der Waals surface area contributed by atoms with Gasteiger partial charge in [-0.25, -0.2) is 0 Å². The molecule has 0 fully saturated rings. The first-order chi connectivity index (χ1) is 7.41. The van der Waals surface area contributed by atoms with Crippen molar-refractivity contribution in [1.29, 1.82) is 0 Å². The molecule has 0 spiro atoms. The number of nitrogens with one attached hydrogen (secondary N) is 1. The fourth-order valence-corrected chi connectivity index (χ4v) is 1.19. The van der Waals surface area contributed by atoms with E-state index in [9.17, 15) is 18.0 Å². The second-order valence-corrected chi connectivity index (χ2v) is 3.41. The zero-order chi connectivity index (χ0) is 12.6. The van der Waals surface area contributed by atoms with Crippen molar-refractivity contribution >= 4 is 5.91 Å². The Labute approximate surface area is 93.6 Å². The van der Waals surface area contributed by atoms with Crippen LogP contribution < -0.4 is 5.32 Å². The number of rotatable bonds is 5. The van der Waals surface area contributed by atoms with Crippen LogP contribution in [0.2, 0.25) is 0 Å². The highest BCUT2D eigenvalue weighted by molar-refractivity contribution is 5.82. The van der Waals surface area contributed by atoms with Crippen LogP contribution in [-0.2, 0) is 4.79 Å². The number of amides is 1.